The summed E-state index contributed by atoms with van der Waals surface area (Å²) in [6.45, 7) is 20.8. The van der Waals surface area contributed by atoms with Gasteiger partial charge in [0.1, 0.15) is 23.5 Å². The van der Waals surface area contributed by atoms with Crippen LogP contribution in [0.4, 0.5) is 17.1 Å². The lowest BCUT2D eigenvalue weighted by atomic mass is 9.66. The van der Waals surface area contributed by atoms with Gasteiger partial charge in [-0.25, -0.2) is 0 Å². The van der Waals surface area contributed by atoms with E-state index in [1.165, 1.54) is 105 Å². The largest absolute Gasteiger partial charge is 0.309 e. The quantitative estimate of drug-likeness (QED) is 0.179. The van der Waals surface area contributed by atoms with Crippen molar-refractivity contribution >= 4 is 78.4 Å². The highest BCUT2D eigenvalue weighted by atomic mass is 32.1. The second-order valence-corrected chi connectivity index (χ2v) is 16.7. The Hall–Kier alpha value is -3.95. The number of rotatable bonds is 4. The zero-order valence-corrected chi connectivity index (χ0v) is 31.7. The van der Waals surface area contributed by atoms with E-state index in [1.807, 2.05) is 11.3 Å². The van der Waals surface area contributed by atoms with Gasteiger partial charge in [0.05, 0.1) is 5.69 Å². The molecule has 0 fully saturated rings. The van der Waals surface area contributed by atoms with E-state index in [1.54, 1.807) is 0 Å². The first kappa shape index (κ1) is 32.6. The van der Waals surface area contributed by atoms with E-state index in [0.29, 0.717) is 0 Å². The molecule has 0 N–H and O–H groups in total. The first-order valence-electron chi connectivity index (χ1n) is 17.4. The number of hydrogen-bond donors (Lipinski definition) is 0. The normalized spacial score (nSPS) is 13.5. The van der Waals surface area contributed by atoms with Gasteiger partial charge in [-0.1, -0.05) is 93.6 Å². The Balaban J connectivity index is 1.51. The van der Waals surface area contributed by atoms with Crippen LogP contribution >= 0.6 is 11.3 Å². The second kappa shape index (κ2) is 11.3. The van der Waals surface area contributed by atoms with Gasteiger partial charge >= 0.3 is 0 Å². The Morgan fingerprint density at radius 2 is 1.35 bits per heavy atom. The first-order chi connectivity index (χ1) is 22.6. The minimum atomic E-state index is -0.0191. The Kier molecular flexibility index (Phi) is 7.68. The fraction of sp³-hybridized carbons (Fsp3) is 0.256. The molecule has 1 heterocycles. The molecule has 1 nitrogen and oxygen atoms in total. The molecule has 1 aromatic heterocycles. The molecule has 6 aromatic rings. The SMILES string of the molecule is Bc1c(B)c(C)c(C)c(-c2cc(C)c(C)c(N(c3ccc(C(C)(C)C)cc3)c3csc4cc5c(cc34)-c3ccccc3C5(C)C)c2)c1B. The second-order valence-electron chi connectivity index (χ2n) is 15.8. The van der Waals surface area contributed by atoms with Crippen molar-refractivity contribution in [2.24, 2.45) is 0 Å². The van der Waals surface area contributed by atoms with Crippen molar-refractivity contribution in [1.82, 2.24) is 0 Å². The van der Waals surface area contributed by atoms with Gasteiger partial charge in [0, 0.05) is 32.3 Å². The number of thiophene rings is 1. The highest BCUT2D eigenvalue weighted by molar-refractivity contribution is 7.17. The third kappa shape index (κ3) is 4.92. The van der Waals surface area contributed by atoms with Crippen LogP contribution in [0.2, 0.25) is 0 Å². The third-order valence-corrected chi connectivity index (χ3v) is 12.6. The maximum absolute atomic E-state index is 2.54. The maximum atomic E-state index is 2.54. The summed E-state index contributed by atoms with van der Waals surface area (Å²) in [4.78, 5) is 2.54. The van der Waals surface area contributed by atoms with Crippen LogP contribution in [0.3, 0.4) is 0 Å². The standard InChI is InChI=1S/C43H46B3NS/c1-23-18-27(38-25(3)26(4)39(44)41(46)40(38)45)19-35(24(23)2)47(29-16-14-28(15-17-29)42(5,6)7)36-22-48-37-21-34-31(20-32(36)37)30-12-10-11-13-33(30)43(34,8)9/h10-22H,44-46H2,1-9H3. The summed E-state index contributed by atoms with van der Waals surface area (Å²) < 4.78 is 1.34. The summed E-state index contributed by atoms with van der Waals surface area (Å²) in [5.41, 5.74) is 22.9. The van der Waals surface area contributed by atoms with Crippen molar-refractivity contribution in [3.63, 3.8) is 0 Å². The molecule has 5 aromatic carbocycles. The highest BCUT2D eigenvalue weighted by Crippen LogP contribution is 2.53. The number of anilines is 3. The van der Waals surface area contributed by atoms with Crippen LogP contribution in [0.5, 0.6) is 0 Å². The molecule has 0 amide bonds. The molecule has 0 atom stereocenters. The number of benzene rings is 5. The van der Waals surface area contributed by atoms with Crippen LogP contribution in [0.1, 0.15) is 73.6 Å². The molecule has 0 saturated heterocycles. The van der Waals surface area contributed by atoms with Crippen molar-refractivity contribution in [3.8, 4) is 22.3 Å². The summed E-state index contributed by atoms with van der Waals surface area (Å²) in [6.07, 6.45) is 0. The zero-order valence-electron chi connectivity index (χ0n) is 30.9. The van der Waals surface area contributed by atoms with Crippen molar-refractivity contribution in [2.75, 3.05) is 4.90 Å². The van der Waals surface area contributed by atoms with E-state index in [2.05, 4.69) is 169 Å². The maximum Gasteiger partial charge on any atom is 0.139 e. The molecule has 0 radical (unpaired) electrons. The summed E-state index contributed by atoms with van der Waals surface area (Å²) in [5.74, 6) is 0. The van der Waals surface area contributed by atoms with Crippen LogP contribution in [0, 0.1) is 27.7 Å². The van der Waals surface area contributed by atoms with Crippen LogP contribution in [0.25, 0.3) is 32.3 Å². The molecule has 5 heteroatoms. The topological polar surface area (TPSA) is 3.24 Å². The van der Waals surface area contributed by atoms with Crippen molar-refractivity contribution in [2.45, 2.75) is 73.1 Å². The van der Waals surface area contributed by atoms with Gasteiger partial charge in [0.15, 0.2) is 0 Å². The Morgan fingerprint density at radius 1 is 0.667 bits per heavy atom. The molecule has 1 aliphatic carbocycles. The van der Waals surface area contributed by atoms with Gasteiger partial charge in [0.2, 0.25) is 0 Å². The summed E-state index contributed by atoms with van der Waals surface area (Å²) in [6, 6.07) is 28.1. The predicted molar refractivity (Wildman–Crippen MR) is 222 cm³/mol. The minimum Gasteiger partial charge on any atom is -0.309 e. The van der Waals surface area contributed by atoms with Crippen LogP contribution in [-0.2, 0) is 10.8 Å². The average Bonchev–Trinajstić information content (AvgIpc) is 3.56. The van der Waals surface area contributed by atoms with Crippen LogP contribution in [-0.4, -0.2) is 23.5 Å². The summed E-state index contributed by atoms with van der Waals surface area (Å²) in [7, 11) is 6.84. The Labute approximate surface area is 294 Å². The van der Waals surface area contributed by atoms with Gasteiger partial charge in [-0.2, -0.15) is 0 Å². The van der Waals surface area contributed by atoms with Crippen LogP contribution < -0.4 is 21.3 Å². The summed E-state index contributed by atoms with van der Waals surface area (Å²) >= 11 is 1.86. The molecule has 238 valence electrons. The molecular weight excluding hydrogens is 595 g/mol. The fourth-order valence-corrected chi connectivity index (χ4v) is 9.00. The Morgan fingerprint density at radius 3 is 2.04 bits per heavy atom. The van der Waals surface area contributed by atoms with Crippen molar-refractivity contribution in [1.29, 1.82) is 0 Å². The molecule has 0 bridgehead atoms. The molecule has 0 spiro atoms. The molecule has 0 saturated carbocycles. The average molecular weight is 641 g/mol. The van der Waals surface area contributed by atoms with E-state index in [4.69, 9.17) is 0 Å². The molecule has 0 unspecified atom stereocenters. The zero-order chi connectivity index (χ0) is 34.4. The van der Waals surface area contributed by atoms with Gasteiger partial charge in [-0.15, -0.1) is 16.8 Å². The molecule has 48 heavy (non-hydrogen) atoms. The molecule has 1 aliphatic rings. The molecular formula is C43H46B3NS. The molecule has 0 aliphatic heterocycles. The van der Waals surface area contributed by atoms with Crippen molar-refractivity contribution < 1.29 is 0 Å². The van der Waals surface area contributed by atoms with Gasteiger partial charge in [-0.3, -0.25) is 0 Å². The van der Waals surface area contributed by atoms with Crippen molar-refractivity contribution in [3.05, 3.63) is 117 Å². The number of fused-ring (bicyclic) bond motifs is 4. The van der Waals surface area contributed by atoms with E-state index in [9.17, 15) is 0 Å². The lowest BCUT2D eigenvalue weighted by molar-refractivity contribution is 0.590. The summed E-state index contributed by atoms with van der Waals surface area (Å²) in [5, 5.41) is 3.69. The smallest absolute Gasteiger partial charge is 0.139 e. The van der Waals surface area contributed by atoms with Crippen LogP contribution in [0.15, 0.2) is 78.2 Å². The van der Waals surface area contributed by atoms with Gasteiger partial charge < -0.3 is 4.90 Å². The van der Waals surface area contributed by atoms with E-state index in [-0.39, 0.29) is 10.8 Å². The highest BCUT2D eigenvalue weighted by Gasteiger charge is 2.36. The molecule has 7 rings (SSSR count). The predicted octanol–water partition coefficient (Wildman–Crippen LogP) is 7.65. The first-order valence-corrected chi connectivity index (χ1v) is 18.2. The van der Waals surface area contributed by atoms with Gasteiger partial charge in [0.25, 0.3) is 0 Å². The van der Waals surface area contributed by atoms with E-state index < -0.39 is 0 Å². The number of hydrogen-bond acceptors (Lipinski definition) is 2. The van der Waals surface area contributed by atoms with E-state index in [0.717, 1.165) is 0 Å². The van der Waals surface area contributed by atoms with E-state index >= 15 is 0 Å². The number of aryl methyl sites for hydroxylation is 1. The third-order valence-electron chi connectivity index (χ3n) is 11.7. The van der Waals surface area contributed by atoms with Gasteiger partial charge in [-0.05, 0) is 119 Å². The lowest BCUT2D eigenvalue weighted by Gasteiger charge is -2.30. The lowest BCUT2D eigenvalue weighted by Crippen LogP contribution is -2.42. The Bertz CT molecular complexity index is 2240. The number of nitrogens with zero attached hydrogens (tertiary/aromatic N) is 1. The minimum absolute atomic E-state index is 0.0191. The fourth-order valence-electron chi connectivity index (χ4n) is 8.05. The monoisotopic (exact) mass is 641 g/mol.